The van der Waals surface area contributed by atoms with E-state index < -0.39 is 18.0 Å². The van der Waals surface area contributed by atoms with Gasteiger partial charge in [0.05, 0.1) is 12.6 Å². The number of para-hydroxylation sites is 1. The number of aromatic amines is 1. The van der Waals surface area contributed by atoms with Crippen LogP contribution in [0.4, 0.5) is 0 Å². The molecule has 3 rings (SSSR count). The number of H-pyrrole nitrogens is 1. The Morgan fingerprint density at radius 2 is 2.13 bits per heavy atom. The molecule has 6 heteroatoms. The van der Waals surface area contributed by atoms with Crippen molar-refractivity contribution in [2.45, 2.75) is 38.3 Å². The van der Waals surface area contributed by atoms with Gasteiger partial charge in [0.15, 0.2) is 0 Å². The Hall–Kier alpha value is -2.34. The van der Waals surface area contributed by atoms with Crippen LogP contribution >= 0.6 is 0 Å². The number of hydrogen-bond donors (Lipinski definition) is 3. The monoisotopic (exact) mass is 315 g/mol. The first-order valence-corrected chi connectivity index (χ1v) is 7.93. The first kappa shape index (κ1) is 15.6. The van der Waals surface area contributed by atoms with Crippen LogP contribution in [-0.4, -0.2) is 29.5 Å². The molecule has 0 saturated carbocycles. The van der Waals surface area contributed by atoms with Crippen molar-refractivity contribution >= 4 is 22.8 Å². The molecule has 0 bridgehead atoms. The molecule has 2 unspecified atom stereocenters. The van der Waals surface area contributed by atoms with Crippen molar-refractivity contribution in [2.24, 2.45) is 5.73 Å². The third-order valence-corrected chi connectivity index (χ3v) is 4.23. The van der Waals surface area contributed by atoms with Crippen molar-refractivity contribution in [3.63, 3.8) is 0 Å². The van der Waals surface area contributed by atoms with E-state index in [0.29, 0.717) is 13.0 Å². The molecular weight excluding hydrogens is 294 g/mol. The summed E-state index contributed by atoms with van der Waals surface area (Å²) in [6.45, 7) is 2.41. The maximum absolute atomic E-state index is 12.4. The molecule has 6 nitrogen and oxygen atoms in total. The highest BCUT2D eigenvalue weighted by atomic mass is 16.5. The fourth-order valence-corrected chi connectivity index (χ4v) is 3.00. The minimum atomic E-state index is -0.694. The number of carbonyl (C=O) groups is 2. The number of carbonyl (C=O) groups excluding carboxylic acids is 2. The Kier molecular flexibility index (Phi) is 4.34. The van der Waals surface area contributed by atoms with Gasteiger partial charge in [0, 0.05) is 16.6 Å². The number of primary amides is 1. The lowest BCUT2D eigenvalue weighted by atomic mass is 9.93. The number of fused-ring (bicyclic) bond motifs is 3. The zero-order chi connectivity index (χ0) is 16.4. The van der Waals surface area contributed by atoms with Crippen molar-refractivity contribution < 1.29 is 14.3 Å². The van der Waals surface area contributed by atoms with E-state index >= 15 is 0 Å². The summed E-state index contributed by atoms with van der Waals surface area (Å²) in [6.07, 6.45) is 2.23. The van der Waals surface area contributed by atoms with E-state index in [1.165, 1.54) is 0 Å². The molecule has 23 heavy (non-hydrogen) atoms. The van der Waals surface area contributed by atoms with Crippen LogP contribution in [0.5, 0.6) is 0 Å². The van der Waals surface area contributed by atoms with E-state index in [9.17, 15) is 9.59 Å². The number of hydrogen-bond acceptors (Lipinski definition) is 4. The van der Waals surface area contributed by atoms with Crippen LogP contribution in [0.25, 0.3) is 10.9 Å². The first-order valence-electron chi connectivity index (χ1n) is 7.93. The minimum Gasteiger partial charge on any atom is -0.464 e. The maximum Gasteiger partial charge on any atom is 0.329 e. The number of aromatic nitrogens is 1. The Morgan fingerprint density at radius 3 is 2.87 bits per heavy atom. The van der Waals surface area contributed by atoms with Gasteiger partial charge in [0.2, 0.25) is 5.91 Å². The van der Waals surface area contributed by atoms with Gasteiger partial charge in [0.25, 0.3) is 0 Å². The topological polar surface area (TPSA) is 97.2 Å². The quantitative estimate of drug-likeness (QED) is 0.576. The normalized spacial score (nSPS) is 20.2. The van der Waals surface area contributed by atoms with Crippen LogP contribution in [0, 0.1) is 0 Å². The van der Waals surface area contributed by atoms with Gasteiger partial charge in [0.1, 0.15) is 6.04 Å². The number of rotatable bonds is 5. The average molecular weight is 315 g/mol. The molecule has 1 aliphatic heterocycles. The van der Waals surface area contributed by atoms with Gasteiger partial charge < -0.3 is 15.5 Å². The van der Waals surface area contributed by atoms with Crippen LogP contribution in [0.1, 0.15) is 37.1 Å². The SMILES string of the molecule is CCCCOC(=O)C1NC(C(N)=O)Cc2c1[nH]c1ccccc21. The van der Waals surface area contributed by atoms with E-state index in [1.807, 2.05) is 31.2 Å². The fourth-order valence-electron chi connectivity index (χ4n) is 3.00. The number of nitrogens with one attached hydrogen (secondary N) is 2. The highest BCUT2D eigenvalue weighted by Gasteiger charge is 2.36. The summed E-state index contributed by atoms with van der Waals surface area (Å²) in [5.41, 5.74) is 8.13. The molecule has 0 radical (unpaired) electrons. The highest BCUT2D eigenvalue weighted by molar-refractivity contribution is 5.91. The molecule has 4 N–H and O–H groups in total. The Bertz CT molecular complexity index is 738. The van der Waals surface area contributed by atoms with Crippen molar-refractivity contribution in [1.29, 1.82) is 0 Å². The second-order valence-electron chi connectivity index (χ2n) is 5.84. The average Bonchev–Trinajstić information content (AvgIpc) is 2.92. The molecule has 0 spiro atoms. The number of esters is 1. The second-order valence-corrected chi connectivity index (χ2v) is 5.84. The highest BCUT2D eigenvalue weighted by Crippen LogP contribution is 2.32. The van der Waals surface area contributed by atoms with Gasteiger partial charge in [-0.05, 0) is 24.5 Å². The van der Waals surface area contributed by atoms with Crippen LogP contribution in [-0.2, 0) is 20.7 Å². The zero-order valence-electron chi connectivity index (χ0n) is 13.1. The van der Waals surface area contributed by atoms with Crippen molar-refractivity contribution in [1.82, 2.24) is 10.3 Å². The van der Waals surface area contributed by atoms with E-state index in [-0.39, 0.29) is 5.97 Å². The molecule has 0 saturated heterocycles. The minimum absolute atomic E-state index is 0.378. The van der Waals surface area contributed by atoms with Gasteiger partial charge in [-0.3, -0.25) is 10.1 Å². The summed E-state index contributed by atoms with van der Waals surface area (Å²) in [4.78, 5) is 27.4. The van der Waals surface area contributed by atoms with E-state index in [4.69, 9.17) is 10.5 Å². The molecule has 1 amide bonds. The Labute approximate surface area is 134 Å². The lowest BCUT2D eigenvalue weighted by Gasteiger charge is -2.28. The molecule has 1 aromatic carbocycles. The third-order valence-electron chi connectivity index (χ3n) is 4.23. The lowest BCUT2D eigenvalue weighted by molar-refractivity contribution is -0.147. The zero-order valence-corrected chi connectivity index (χ0v) is 13.1. The molecule has 1 aliphatic rings. The first-order chi connectivity index (χ1) is 11.1. The molecule has 122 valence electrons. The maximum atomic E-state index is 12.4. The Balaban J connectivity index is 1.96. The Morgan fingerprint density at radius 1 is 1.35 bits per heavy atom. The van der Waals surface area contributed by atoms with Crippen LogP contribution < -0.4 is 11.1 Å². The molecule has 1 aromatic heterocycles. The summed E-state index contributed by atoms with van der Waals surface area (Å²) in [7, 11) is 0. The summed E-state index contributed by atoms with van der Waals surface area (Å²) >= 11 is 0. The largest absolute Gasteiger partial charge is 0.464 e. The smallest absolute Gasteiger partial charge is 0.329 e. The van der Waals surface area contributed by atoms with Crippen LogP contribution in [0.15, 0.2) is 24.3 Å². The van der Waals surface area contributed by atoms with Crippen molar-refractivity contribution in [2.75, 3.05) is 6.61 Å². The van der Waals surface area contributed by atoms with Crippen molar-refractivity contribution in [3.8, 4) is 0 Å². The number of unbranched alkanes of at least 4 members (excludes halogenated alkanes) is 1. The molecule has 2 atom stereocenters. The predicted octanol–water partition coefficient (Wildman–Crippen LogP) is 1.55. The van der Waals surface area contributed by atoms with Crippen LogP contribution in [0.2, 0.25) is 0 Å². The van der Waals surface area contributed by atoms with Gasteiger partial charge in [-0.2, -0.15) is 0 Å². The summed E-state index contributed by atoms with van der Waals surface area (Å²) in [6, 6.07) is 6.52. The van der Waals surface area contributed by atoms with Crippen LogP contribution in [0.3, 0.4) is 0 Å². The van der Waals surface area contributed by atoms with E-state index in [2.05, 4.69) is 10.3 Å². The van der Waals surface area contributed by atoms with Gasteiger partial charge >= 0.3 is 5.97 Å². The lowest BCUT2D eigenvalue weighted by Crippen LogP contribution is -2.50. The number of ether oxygens (including phenoxy) is 1. The molecule has 0 aliphatic carbocycles. The van der Waals surface area contributed by atoms with Gasteiger partial charge in [-0.25, -0.2) is 4.79 Å². The summed E-state index contributed by atoms with van der Waals surface area (Å²) in [5, 5.41) is 4.03. The number of benzene rings is 1. The van der Waals surface area contributed by atoms with E-state index in [1.54, 1.807) is 0 Å². The molecule has 2 heterocycles. The molecular formula is C17H21N3O3. The molecule has 2 aromatic rings. The van der Waals surface area contributed by atoms with E-state index in [0.717, 1.165) is 35.0 Å². The second kappa shape index (κ2) is 6.42. The third kappa shape index (κ3) is 2.94. The number of amides is 1. The van der Waals surface area contributed by atoms with Gasteiger partial charge in [-0.1, -0.05) is 31.5 Å². The number of nitrogens with two attached hydrogens (primary N) is 1. The standard InChI is InChI=1S/C17H21N3O3/c1-2-3-8-23-17(22)15-14-11(9-13(20-15)16(18)21)10-6-4-5-7-12(10)19-14/h4-7,13,15,19-20H,2-3,8-9H2,1H3,(H2,18,21). The van der Waals surface area contributed by atoms with Crippen molar-refractivity contribution in [3.05, 3.63) is 35.5 Å². The predicted molar refractivity (Wildman–Crippen MR) is 86.7 cm³/mol. The molecule has 0 fully saturated rings. The van der Waals surface area contributed by atoms with Gasteiger partial charge in [-0.15, -0.1) is 0 Å². The summed E-state index contributed by atoms with van der Waals surface area (Å²) < 4.78 is 5.33. The summed E-state index contributed by atoms with van der Waals surface area (Å²) in [5.74, 6) is -0.843. The fraction of sp³-hybridized carbons (Fsp3) is 0.412.